The molecule has 21 heavy (non-hydrogen) atoms. The lowest BCUT2D eigenvalue weighted by molar-refractivity contribution is -0.124. The molecular weight excluding hydrogens is 290 g/mol. The third kappa shape index (κ3) is 3.98. The first-order chi connectivity index (χ1) is 10.1. The number of benzene rings is 1. The molecule has 1 aromatic carbocycles. The molecule has 0 saturated heterocycles. The molecule has 1 aliphatic rings. The molecule has 0 aliphatic carbocycles. The predicted molar refractivity (Wildman–Crippen MR) is 82.1 cm³/mol. The summed E-state index contributed by atoms with van der Waals surface area (Å²) in [7, 11) is 1.54. The summed E-state index contributed by atoms with van der Waals surface area (Å²) < 4.78 is 5.20. The maximum absolute atomic E-state index is 12.0. The third-order valence-corrected chi connectivity index (χ3v) is 3.71. The van der Waals surface area contributed by atoms with Crippen LogP contribution in [0.3, 0.4) is 0 Å². The van der Waals surface area contributed by atoms with Gasteiger partial charge >= 0.3 is 6.09 Å². The van der Waals surface area contributed by atoms with Crippen LogP contribution < -0.4 is 5.32 Å². The van der Waals surface area contributed by atoms with Crippen molar-refractivity contribution in [3.8, 4) is 0 Å². The van der Waals surface area contributed by atoms with Gasteiger partial charge in [0, 0.05) is 7.05 Å². The Labute approximate surface area is 127 Å². The Hall–Kier alpha value is -2.02. The van der Waals surface area contributed by atoms with Crippen LogP contribution in [0.4, 0.5) is 4.79 Å². The van der Waals surface area contributed by atoms with Crippen LogP contribution in [0.1, 0.15) is 5.56 Å². The van der Waals surface area contributed by atoms with Gasteiger partial charge in [-0.3, -0.25) is 14.7 Å². The van der Waals surface area contributed by atoms with E-state index in [1.165, 1.54) is 23.7 Å². The maximum Gasteiger partial charge on any atom is 0.410 e. The molecule has 1 aromatic rings. The van der Waals surface area contributed by atoms with Crippen LogP contribution in [0.15, 0.2) is 35.3 Å². The first-order valence-corrected chi connectivity index (χ1v) is 7.67. The number of nitrogens with zero attached hydrogens (tertiary/aromatic N) is 2. The van der Waals surface area contributed by atoms with Crippen molar-refractivity contribution in [1.29, 1.82) is 0 Å². The fraction of sp³-hybridized carbons (Fsp3) is 0.357. The number of likely N-dealkylation sites (N-methyl/N-ethyl adjacent to an activating group) is 1. The van der Waals surface area contributed by atoms with E-state index in [1.54, 1.807) is 0 Å². The number of aliphatic imine (C=N–C) groups is 1. The molecule has 0 fully saturated rings. The van der Waals surface area contributed by atoms with E-state index in [-0.39, 0.29) is 19.1 Å². The van der Waals surface area contributed by atoms with Crippen LogP contribution in [0, 0.1) is 0 Å². The molecule has 1 aliphatic heterocycles. The summed E-state index contributed by atoms with van der Waals surface area (Å²) in [5.74, 6) is -0.242. The highest BCUT2D eigenvalue weighted by Gasteiger charge is 2.31. The Morgan fingerprint density at radius 3 is 2.81 bits per heavy atom. The summed E-state index contributed by atoms with van der Waals surface area (Å²) in [5.41, 5.74) is 0.898. The third-order valence-electron chi connectivity index (χ3n) is 3.09. The van der Waals surface area contributed by atoms with Gasteiger partial charge < -0.3 is 10.1 Å². The molecule has 0 spiro atoms. The van der Waals surface area contributed by atoms with Crippen LogP contribution >= 0.6 is 11.8 Å². The second-order valence-corrected chi connectivity index (χ2v) is 5.30. The van der Waals surface area contributed by atoms with E-state index in [9.17, 15) is 9.59 Å². The molecule has 0 aromatic heterocycles. The monoisotopic (exact) mass is 307 g/mol. The van der Waals surface area contributed by atoms with Gasteiger partial charge in [-0.2, -0.15) is 0 Å². The highest BCUT2D eigenvalue weighted by Crippen LogP contribution is 2.10. The van der Waals surface area contributed by atoms with E-state index < -0.39 is 12.1 Å². The van der Waals surface area contributed by atoms with Gasteiger partial charge in [0.25, 0.3) is 5.91 Å². The molecule has 1 heterocycles. The molecule has 1 unspecified atom stereocenters. The standard InChI is InChI=1S/C14H17N3O3S/c1-17(11-8-15-13(21-2)16-12(11)18)14(19)20-9-10-6-4-3-5-7-10/h3-7,11H,8-9H2,1-2H3,(H,15,16,18). The van der Waals surface area contributed by atoms with Gasteiger partial charge in [0.2, 0.25) is 0 Å². The van der Waals surface area contributed by atoms with Crippen molar-refractivity contribution >= 4 is 28.9 Å². The Morgan fingerprint density at radius 1 is 1.48 bits per heavy atom. The van der Waals surface area contributed by atoms with Gasteiger partial charge in [0.05, 0.1) is 6.54 Å². The Balaban J connectivity index is 1.90. The van der Waals surface area contributed by atoms with Crippen molar-refractivity contribution in [3.05, 3.63) is 35.9 Å². The molecule has 0 bridgehead atoms. The molecule has 2 amide bonds. The number of nitrogens with one attached hydrogen (secondary N) is 1. The van der Waals surface area contributed by atoms with Crippen molar-refractivity contribution in [3.63, 3.8) is 0 Å². The quantitative estimate of drug-likeness (QED) is 0.918. The average Bonchev–Trinajstić information content (AvgIpc) is 2.52. The Morgan fingerprint density at radius 2 is 2.19 bits per heavy atom. The Kier molecular flexibility index (Phi) is 5.21. The summed E-state index contributed by atoms with van der Waals surface area (Å²) in [5, 5.41) is 3.22. The van der Waals surface area contributed by atoms with E-state index >= 15 is 0 Å². The van der Waals surface area contributed by atoms with E-state index in [2.05, 4.69) is 10.3 Å². The van der Waals surface area contributed by atoms with Crippen molar-refractivity contribution in [2.45, 2.75) is 12.6 Å². The Bertz CT molecular complexity index is 548. The molecule has 112 valence electrons. The maximum atomic E-state index is 12.0. The number of ether oxygens (including phenoxy) is 1. The first kappa shape index (κ1) is 15.4. The fourth-order valence-corrected chi connectivity index (χ4v) is 2.25. The van der Waals surface area contributed by atoms with Crippen LogP contribution in [0.25, 0.3) is 0 Å². The van der Waals surface area contributed by atoms with Gasteiger partial charge in [-0.1, -0.05) is 42.1 Å². The second kappa shape index (κ2) is 7.12. The number of hydrogen-bond acceptors (Lipinski definition) is 5. The van der Waals surface area contributed by atoms with Crippen molar-refractivity contribution in [2.24, 2.45) is 4.99 Å². The lowest BCUT2D eigenvalue weighted by Crippen LogP contribution is -2.53. The molecule has 7 heteroatoms. The highest BCUT2D eigenvalue weighted by atomic mass is 32.2. The van der Waals surface area contributed by atoms with Crippen molar-refractivity contribution < 1.29 is 14.3 Å². The number of hydrogen-bond donors (Lipinski definition) is 1. The number of amidine groups is 1. The molecule has 1 N–H and O–H groups in total. The summed E-state index contributed by atoms with van der Waals surface area (Å²) in [6.45, 7) is 0.427. The lowest BCUT2D eigenvalue weighted by Gasteiger charge is -2.28. The normalized spacial score (nSPS) is 17.7. The van der Waals surface area contributed by atoms with E-state index in [1.807, 2.05) is 36.6 Å². The van der Waals surface area contributed by atoms with Crippen molar-refractivity contribution in [1.82, 2.24) is 10.2 Å². The number of amides is 2. The van der Waals surface area contributed by atoms with Gasteiger partial charge in [-0.05, 0) is 11.8 Å². The number of carbonyl (C=O) groups excluding carboxylic acids is 2. The summed E-state index contributed by atoms with van der Waals surface area (Å²) in [4.78, 5) is 29.4. The highest BCUT2D eigenvalue weighted by molar-refractivity contribution is 8.13. The first-order valence-electron chi connectivity index (χ1n) is 6.44. The fourth-order valence-electron chi connectivity index (χ4n) is 1.84. The molecule has 0 radical (unpaired) electrons. The molecule has 1 atom stereocenters. The predicted octanol–water partition coefficient (Wildman–Crippen LogP) is 1.47. The van der Waals surface area contributed by atoms with Crippen LogP contribution in [-0.4, -0.2) is 48.0 Å². The van der Waals surface area contributed by atoms with Crippen LogP contribution in [0.5, 0.6) is 0 Å². The summed E-state index contributed by atoms with van der Waals surface area (Å²) in [6.07, 6.45) is 1.29. The topological polar surface area (TPSA) is 71.0 Å². The SMILES string of the molecule is CSC1=NCC(N(C)C(=O)OCc2ccccc2)C(=O)N1. The van der Waals surface area contributed by atoms with Crippen molar-refractivity contribution in [2.75, 3.05) is 19.8 Å². The van der Waals surface area contributed by atoms with E-state index in [0.29, 0.717) is 5.17 Å². The van der Waals surface area contributed by atoms with Gasteiger partial charge in [-0.15, -0.1) is 0 Å². The van der Waals surface area contributed by atoms with E-state index in [0.717, 1.165) is 5.56 Å². The number of carbonyl (C=O) groups is 2. The molecule has 0 saturated carbocycles. The van der Waals surface area contributed by atoms with E-state index in [4.69, 9.17) is 4.74 Å². The van der Waals surface area contributed by atoms with Crippen LogP contribution in [-0.2, 0) is 16.1 Å². The smallest absolute Gasteiger partial charge is 0.410 e. The molecular formula is C14H17N3O3S. The number of rotatable bonds is 3. The summed E-state index contributed by atoms with van der Waals surface area (Å²) >= 11 is 1.36. The van der Waals surface area contributed by atoms with Crippen LogP contribution in [0.2, 0.25) is 0 Å². The molecule has 6 nitrogen and oxygen atoms in total. The van der Waals surface area contributed by atoms with Gasteiger partial charge in [0.1, 0.15) is 12.6 Å². The minimum Gasteiger partial charge on any atom is -0.445 e. The zero-order valence-corrected chi connectivity index (χ0v) is 12.7. The lowest BCUT2D eigenvalue weighted by atomic mass is 10.2. The molecule has 2 rings (SSSR count). The second-order valence-electron chi connectivity index (χ2n) is 4.51. The zero-order valence-electron chi connectivity index (χ0n) is 11.9. The minimum absolute atomic E-state index is 0.178. The number of thioether (sulfide) groups is 1. The minimum atomic E-state index is -0.635. The summed E-state index contributed by atoms with van der Waals surface area (Å²) in [6, 6.07) is 8.75. The average molecular weight is 307 g/mol. The largest absolute Gasteiger partial charge is 0.445 e. The van der Waals surface area contributed by atoms with Gasteiger partial charge in [0.15, 0.2) is 5.17 Å². The zero-order chi connectivity index (χ0) is 15.2. The van der Waals surface area contributed by atoms with Gasteiger partial charge in [-0.25, -0.2) is 4.79 Å².